The maximum absolute atomic E-state index is 12.6. The minimum absolute atomic E-state index is 0.0366. The third-order valence-corrected chi connectivity index (χ3v) is 6.56. The summed E-state index contributed by atoms with van der Waals surface area (Å²) in [6.07, 6.45) is 1.90. The zero-order valence-corrected chi connectivity index (χ0v) is 17.3. The number of nitrogens with one attached hydrogen (secondary N) is 1. The highest BCUT2D eigenvalue weighted by molar-refractivity contribution is 7.99. The summed E-state index contributed by atoms with van der Waals surface area (Å²) in [6.45, 7) is 0. The van der Waals surface area contributed by atoms with E-state index in [2.05, 4.69) is 72.0 Å². The Labute approximate surface area is 181 Å². The number of carbonyl (C=O) groups is 1. The first-order valence-corrected chi connectivity index (χ1v) is 10.9. The molecule has 146 valence electrons. The molecule has 30 heavy (non-hydrogen) atoms. The molecule has 0 aliphatic carbocycles. The lowest BCUT2D eigenvalue weighted by Gasteiger charge is -2.10. The quantitative estimate of drug-likeness (QED) is 0.400. The molecule has 0 bridgehead atoms. The van der Waals surface area contributed by atoms with Gasteiger partial charge in [0.1, 0.15) is 0 Å². The summed E-state index contributed by atoms with van der Waals surface area (Å²) in [5, 5.41) is 3.08. The van der Waals surface area contributed by atoms with Crippen LogP contribution in [0.5, 0.6) is 0 Å². The molecule has 2 nitrogen and oxygen atoms in total. The van der Waals surface area contributed by atoms with E-state index in [4.69, 9.17) is 0 Å². The molecule has 1 heterocycles. The molecule has 0 saturated heterocycles. The Morgan fingerprint density at radius 2 is 1.30 bits per heavy atom. The van der Waals surface area contributed by atoms with Gasteiger partial charge in [0.15, 0.2) is 0 Å². The monoisotopic (exact) mass is 407 g/mol. The maximum Gasteiger partial charge on any atom is 0.256 e. The van der Waals surface area contributed by atoms with E-state index in [1.54, 1.807) is 11.8 Å². The van der Waals surface area contributed by atoms with Gasteiger partial charge in [-0.2, -0.15) is 0 Å². The summed E-state index contributed by atoms with van der Waals surface area (Å²) in [5.41, 5.74) is 6.66. The van der Waals surface area contributed by atoms with Crippen LogP contribution >= 0.6 is 11.8 Å². The van der Waals surface area contributed by atoms with Gasteiger partial charge in [0.2, 0.25) is 0 Å². The van der Waals surface area contributed by atoms with Crippen LogP contribution < -0.4 is 5.32 Å². The van der Waals surface area contributed by atoms with E-state index in [9.17, 15) is 4.79 Å². The third kappa shape index (κ3) is 3.89. The number of aryl methyl sites for hydroxylation is 2. The van der Waals surface area contributed by atoms with Crippen LogP contribution in [0.2, 0.25) is 0 Å². The van der Waals surface area contributed by atoms with E-state index in [-0.39, 0.29) is 5.91 Å². The highest BCUT2D eigenvalue weighted by atomic mass is 32.2. The van der Waals surface area contributed by atoms with Gasteiger partial charge in [-0.05, 0) is 59.4 Å². The molecule has 4 aromatic carbocycles. The number of carbonyl (C=O) groups excluding carboxylic acids is 1. The number of amides is 1. The molecule has 1 aliphatic rings. The van der Waals surface area contributed by atoms with Crippen molar-refractivity contribution in [2.45, 2.75) is 22.6 Å². The van der Waals surface area contributed by atoms with Crippen LogP contribution in [0.25, 0.3) is 11.1 Å². The average molecular weight is 408 g/mol. The molecule has 1 amide bonds. The van der Waals surface area contributed by atoms with Crippen molar-refractivity contribution >= 4 is 23.4 Å². The number of benzene rings is 4. The molecule has 0 atom stereocenters. The van der Waals surface area contributed by atoms with Gasteiger partial charge < -0.3 is 5.32 Å². The molecule has 0 saturated carbocycles. The van der Waals surface area contributed by atoms with Crippen LogP contribution in [0.15, 0.2) is 107 Å². The molecular weight excluding hydrogens is 386 g/mol. The van der Waals surface area contributed by atoms with Gasteiger partial charge in [-0.25, -0.2) is 0 Å². The molecule has 4 aromatic rings. The van der Waals surface area contributed by atoms with Gasteiger partial charge in [-0.1, -0.05) is 84.6 Å². The zero-order chi connectivity index (χ0) is 20.3. The Balaban J connectivity index is 1.30. The van der Waals surface area contributed by atoms with Gasteiger partial charge in [-0.3, -0.25) is 4.79 Å². The smallest absolute Gasteiger partial charge is 0.256 e. The van der Waals surface area contributed by atoms with E-state index >= 15 is 0 Å². The Bertz CT molecular complexity index is 1200. The average Bonchev–Trinajstić information content (AvgIpc) is 2.94. The predicted octanol–water partition coefficient (Wildman–Crippen LogP) is 6.86. The van der Waals surface area contributed by atoms with E-state index in [1.807, 2.05) is 30.3 Å². The van der Waals surface area contributed by atoms with Gasteiger partial charge in [0, 0.05) is 9.79 Å². The molecule has 0 unspecified atom stereocenters. The number of hydrogen-bond acceptors (Lipinski definition) is 2. The zero-order valence-electron chi connectivity index (χ0n) is 16.5. The van der Waals surface area contributed by atoms with Crippen LogP contribution in [0.3, 0.4) is 0 Å². The summed E-state index contributed by atoms with van der Waals surface area (Å²) >= 11 is 1.65. The Kier molecular flexibility index (Phi) is 5.12. The SMILES string of the molecule is O=C1Nc2cc(CCc3ccc(-c4ccccc4)cc3)ccc2Sc2ccccc21. The molecular formula is C27H21NOS. The van der Waals surface area contributed by atoms with Crippen molar-refractivity contribution in [3.8, 4) is 11.1 Å². The van der Waals surface area contributed by atoms with Crippen molar-refractivity contribution in [3.63, 3.8) is 0 Å². The lowest BCUT2D eigenvalue weighted by Crippen LogP contribution is -2.11. The highest BCUT2D eigenvalue weighted by Gasteiger charge is 2.19. The lowest BCUT2D eigenvalue weighted by atomic mass is 10.00. The van der Waals surface area contributed by atoms with Crippen molar-refractivity contribution < 1.29 is 4.79 Å². The van der Waals surface area contributed by atoms with E-state index in [1.165, 1.54) is 22.3 Å². The van der Waals surface area contributed by atoms with E-state index in [0.29, 0.717) is 0 Å². The van der Waals surface area contributed by atoms with Crippen LogP contribution in [0.1, 0.15) is 21.5 Å². The minimum atomic E-state index is -0.0366. The first-order valence-electron chi connectivity index (χ1n) is 10.1. The Morgan fingerprint density at radius 1 is 0.633 bits per heavy atom. The first-order chi connectivity index (χ1) is 14.8. The topological polar surface area (TPSA) is 29.1 Å². The summed E-state index contributed by atoms with van der Waals surface area (Å²) in [7, 11) is 0. The fourth-order valence-electron chi connectivity index (χ4n) is 3.75. The second-order valence-electron chi connectivity index (χ2n) is 7.45. The van der Waals surface area contributed by atoms with Crippen LogP contribution in [-0.2, 0) is 12.8 Å². The number of fused-ring (bicyclic) bond motifs is 2. The summed E-state index contributed by atoms with van der Waals surface area (Å²) in [5.74, 6) is -0.0366. The Hall–Kier alpha value is -3.30. The van der Waals surface area contributed by atoms with Gasteiger partial charge in [-0.15, -0.1) is 0 Å². The second-order valence-corrected chi connectivity index (χ2v) is 8.53. The molecule has 0 fully saturated rings. The van der Waals surface area contributed by atoms with Crippen molar-refractivity contribution in [2.24, 2.45) is 0 Å². The highest BCUT2D eigenvalue weighted by Crippen LogP contribution is 2.39. The van der Waals surface area contributed by atoms with Crippen molar-refractivity contribution in [3.05, 3.63) is 114 Å². The molecule has 0 spiro atoms. The molecule has 1 N–H and O–H groups in total. The predicted molar refractivity (Wildman–Crippen MR) is 124 cm³/mol. The van der Waals surface area contributed by atoms with Crippen LogP contribution in [-0.4, -0.2) is 5.91 Å². The molecule has 0 radical (unpaired) electrons. The molecule has 0 aromatic heterocycles. The molecule has 3 heteroatoms. The largest absolute Gasteiger partial charge is 0.321 e. The number of rotatable bonds is 4. The normalized spacial score (nSPS) is 12.5. The molecule has 1 aliphatic heterocycles. The standard InChI is InChI=1S/C27H21NOS/c29-27-23-8-4-5-9-25(23)30-26-17-14-20(18-24(26)28-27)11-10-19-12-15-22(16-13-19)21-6-2-1-3-7-21/h1-9,12-18H,10-11H2,(H,28,29). The molecule has 5 rings (SSSR count). The first kappa shape index (κ1) is 18.7. The van der Waals surface area contributed by atoms with E-state index in [0.717, 1.165) is 33.9 Å². The lowest BCUT2D eigenvalue weighted by molar-refractivity contribution is 0.102. The second kappa shape index (κ2) is 8.21. The summed E-state index contributed by atoms with van der Waals surface area (Å²) in [6, 6.07) is 33.4. The van der Waals surface area contributed by atoms with Crippen molar-refractivity contribution in [2.75, 3.05) is 5.32 Å². The van der Waals surface area contributed by atoms with Gasteiger partial charge in [0.05, 0.1) is 11.3 Å². The van der Waals surface area contributed by atoms with Gasteiger partial charge >= 0.3 is 0 Å². The number of hydrogen-bond donors (Lipinski definition) is 1. The third-order valence-electron chi connectivity index (χ3n) is 5.41. The van der Waals surface area contributed by atoms with Crippen molar-refractivity contribution in [1.82, 2.24) is 0 Å². The maximum atomic E-state index is 12.6. The Morgan fingerprint density at radius 3 is 2.13 bits per heavy atom. The van der Waals surface area contributed by atoms with Crippen LogP contribution in [0.4, 0.5) is 5.69 Å². The summed E-state index contributed by atoms with van der Waals surface area (Å²) in [4.78, 5) is 14.7. The minimum Gasteiger partial charge on any atom is -0.321 e. The summed E-state index contributed by atoms with van der Waals surface area (Å²) < 4.78 is 0. The van der Waals surface area contributed by atoms with Crippen LogP contribution in [0, 0.1) is 0 Å². The number of anilines is 1. The van der Waals surface area contributed by atoms with Crippen molar-refractivity contribution in [1.29, 1.82) is 0 Å². The fraction of sp³-hybridized carbons (Fsp3) is 0.0741. The fourth-order valence-corrected chi connectivity index (χ4v) is 4.76. The van der Waals surface area contributed by atoms with E-state index < -0.39 is 0 Å². The van der Waals surface area contributed by atoms with Gasteiger partial charge in [0.25, 0.3) is 5.91 Å².